The summed E-state index contributed by atoms with van der Waals surface area (Å²) in [5.74, 6) is -0.139. The van der Waals surface area contributed by atoms with Gasteiger partial charge < -0.3 is 5.32 Å². The molecule has 0 spiro atoms. The number of hydrogen-bond donors (Lipinski definition) is 2. The van der Waals surface area contributed by atoms with Gasteiger partial charge in [-0.2, -0.15) is 0 Å². The van der Waals surface area contributed by atoms with E-state index in [2.05, 4.69) is 20.8 Å². The molecule has 0 aliphatic carbocycles. The van der Waals surface area contributed by atoms with Crippen molar-refractivity contribution in [2.45, 2.75) is 12.8 Å². The molecule has 2 N–H and O–H groups in total. The Labute approximate surface area is 108 Å². The summed E-state index contributed by atoms with van der Waals surface area (Å²) in [4.78, 5) is 12.0. The van der Waals surface area contributed by atoms with Crippen molar-refractivity contribution in [3.05, 3.63) is 34.8 Å². The van der Waals surface area contributed by atoms with Crippen LogP contribution < -0.4 is 10.6 Å². The van der Waals surface area contributed by atoms with E-state index < -0.39 is 0 Å². The number of nitrogens with one attached hydrogen (secondary N) is 2. The second-order valence-electron chi connectivity index (χ2n) is 4.10. The largest absolute Gasteiger partial charge is 0.385 e. The molecular weight excluding hydrogens is 248 g/mol. The molecule has 0 radical (unpaired) electrons. The summed E-state index contributed by atoms with van der Waals surface area (Å²) in [7, 11) is 0. The van der Waals surface area contributed by atoms with Crippen LogP contribution in [0.1, 0.15) is 22.3 Å². The van der Waals surface area contributed by atoms with Crippen LogP contribution in [0.3, 0.4) is 0 Å². The highest BCUT2D eigenvalue weighted by Crippen LogP contribution is 2.23. The molecule has 1 amide bonds. The molecule has 18 heavy (non-hydrogen) atoms. The molecule has 1 aliphatic heterocycles. The zero-order chi connectivity index (χ0) is 12.4. The number of carbonyl (C=O) groups is 1. The first-order chi connectivity index (χ1) is 8.83. The third kappa shape index (κ3) is 2.19. The van der Waals surface area contributed by atoms with Crippen LogP contribution in [0.5, 0.6) is 0 Å². The smallest absolute Gasteiger partial charge is 0.257 e. The Morgan fingerprint density at radius 1 is 1.44 bits per heavy atom. The highest BCUT2D eigenvalue weighted by Gasteiger charge is 2.13. The molecule has 0 bridgehead atoms. The molecule has 1 aliphatic rings. The Morgan fingerprint density at radius 2 is 2.39 bits per heavy atom. The number of amides is 1. The molecule has 92 valence electrons. The van der Waals surface area contributed by atoms with Crippen molar-refractivity contribution < 1.29 is 4.79 Å². The second kappa shape index (κ2) is 4.73. The van der Waals surface area contributed by atoms with Crippen LogP contribution in [0.15, 0.2) is 23.7 Å². The molecule has 6 heteroatoms. The Bertz CT molecular complexity index is 567. The van der Waals surface area contributed by atoms with Gasteiger partial charge in [0, 0.05) is 17.8 Å². The second-order valence-corrected chi connectivity index (χ2v) is 4.93. The first kappa shape index (κ1) is 11.2. The van der Waals surface area contributed by atoms with Crippen molar-refractivity contribution in [1.82, 2.24) is 10.2 Å². The van der Waals surface area contributed by atoms with E-state index in [1.807, 2.05) is 18.2 Å². The number of aromatic nitrogens is 2. The fraction of sp³-hybridized carbons (Fsp3) is 0.250. The maximum atomic E-state index is 12.0. The molecule has 0 fully saturated rings. The summed E-state index contributed by atoms with van der Waals surface area (Å²) >= 11 is 1.31. The minimum absolute atomic E-state index is 0.139. The van der Waals surface area contributed by atoms with Gasteiger partial charge in [-0.25, -0.2) is 0 Å². The van der Waals surface area contributed by atoms with E-state index in [1.54, 1.807) is 5.51 Å². The van der Waals surface area contributed by atoms with Gasteiger partial charge in [-0.1, -0.05) is 11.3 Å². The Hall–Kier alpha value is -1.95. The molecule has 5 nitrogen and oxygen atoms in total. The van der Waals surface area contributed by atoms with Gasteiger partial charge in [-0.3, -0.25) is 10.1 Å². The number of rotatable bonds is 2. The Kier molecular flexibility index (Phi) is 2.93. The minimum Gasteiger partial charge on any atom is -0.385 e. The fourth-order valence-electron chi connectivity index (χ4n) is 2.01. The van der Waals surface area contributed by atoms with Crippen molar-refractivity contribution in [2.24, 2.45) is 0 Å². The zero-order valence-corrected chi connectivity index (χ0v) is 10.5. The molecule has 0 unspecified atom stereocenters. The molecule has 2 heterocycles. The van der Waals surface area contributed by atoms with Gasteiger partial charge in [-0.15, -0.1) is 10.2 Å². The lowest BCUT2D eigenvalue weighted by Gasteiger charge is -2.18. The predicted octanol–water partition coefficient (Wildman–Crippen LogP) is 2.15. The average molecular weight is 260 g/mol. The predicted molar refractivity (Wildman–Crippen MR) is 71.1 cm³/mol. The van der Waals surface area contributed by atoms with Crippen LogP contribution >= 0.6 is 11.3 Å². The zero-order valence-electron chi connectivity index (χ0n) is 9.64. The van der Waals surface area contributed by atoms with E-state index in [1.165, 1.54) is 16.9 Å². The average Bonchev–Trinajstić information content (AvgIpc) is 2.91. The van der Waals surface area contributed by atoms with Crippen molar-refractivity contribution in [3.8, 4) is 0 Å². The molecule has 0 atom stereocenters. The van der Waals surface area contributed by atoms with Gasteiger partial charge >= 0.3 is 0 Å². The number of hydrogen-bond acceptors (Lipinski definition) is 5. The molecule has 0 saturated carbocycles. The van der Waals surface area contributed by atoms with Gasteiger partial charge in [0.1, 0.15) is 5.51 Å². The third-order valence-electron chi connectivity index (χ3n) is 2.89. The highest BCUT2D eigenvalue weighted by atomic mass is 32.1. The number of carbonyl (C=O) groups excluding carboxylic acids is 1. The first-order valence-corrected chi connectivity index (χ1v) is 6.65. The lowest BCUT2D eigenvalue weighted by atomic mass is 10.0. The van der Waals surface area contributed by atoms with E-state index in [0.717, 1.165) is 25.1 Å². The Morgan fingerprint density at radius 3 is 3.22 bits per heavy atom. The normalized spacial score (nSPS) is 13.6. The summed E-state index contributed by atoms with van der Waals surface area (Å²) in [5.41, 5.74) is 4.58. The highest BCUT2D eigenvalue weighted by molar-refractivity contribution is 7.13. The van der Waals surface area contributed by atoms with Crippen LogP contribution in [0.25, 0.3) is 0 Å². The topological polar surface area (TPSA) is 66.9 Å². The van der Waals surface area contributed by atoms with Crippen molar-refractivity contribution in [2.75, 3.05) is 17.2 Å². The summed E-state index contributed by atoms with van der Waals surface area (Å²) in [6.07, 6.45) is 2.12. The number of nitrogens with zero attached hydrogens (tertiary/aromatic N) is 2. The van der Waals surface area contributed by atoms with Gasteiger partial charge in [0.05, 0.1) is 0 Å². The standard InChI is InChI=1S/C12H12N4OS/c17-11(15-12-16-14-7-18-12)9-3-4-10-8(6-9)2-1-5-13-10/h3-4,6-7,13H,1-2,5H2,(H,15,16,17). The van der Waals surface area contributed by atoms with Crippen LogP contribution in [0, 0.1) is 0 Å². The Balaban J connectivity index is 1.81. The molecule has 2 aromatic rings. The molecule has 1 aromatic heterocycles. The molecule has 0 saturated heterocycles. The van der Waals surface area contributed by atoms with Crippen molar-refractivity contribution in [3.63, 3.8) is 0 Å². The van der Waals surface area contributed by atoms with Crippen LogP contribution in [-0.4, -0.2) is 22.6 Å². The van der Waals surface area contributed by atoms with Crippen molar-refractivity contribution >= 4 is 28.1 Å². The first-order valence-electron chi connectivity index (χ1n) is 5.77. The van der Waals surface area contributed by atoms with Gasteiger partial charge in [0.25, 0.3) is 5.91 Å². The van der Waals surface area contributed by atoms with Gasteiger partial charge in [0.2, 0.25) is 5.13 Å². The van der Waals surface area contributed by atoms with Crippen LogP contribution in [0.4, 0.5) is 10.8 Å². The number of anilines is 2. The lowest BCUT2D eigenvalue weighted by molar-refractivity contribution is 0.102. The SMILES string of the molecule is O=C(Nc1nncs1)c1ccc2c(c1)CCCN2. The van der Waals surface area contributed by atoms with E-state index in [0.29, 0.717) is 10.7 Å². The van der Waals surface area contributed by atoms with E-state index in [-0.39, 0.29) is 5.91 Å². The van der Waals surface area contributed by atoms with Crippen LogP contribution in [0.2, 0.25) is 0 Å². The molecule has 1 aromatic carbocycles. The summed E-state index contributed by atoms with van der Waals surface area (Å²) < 4.78 is 0. The van der Waals surface area contributed by atoms with Gasteiger partial charge in [-0.05, 0) is 36.6 Å². The summed E-state index contributed by atoms with van der Waals surface area (Å²) in [6, 6.07) is 5.73. The summed E-state index contributed by atoms with van der Waals surface area (Å²) in [5, 5.41) is 14.1. The maximum absolute atomic E-state index is 12.0. The fourth-order valence-corrected chi connectivity index (χ4v) is 2.45. The number of fused-ring (bicyclic) bond motifs is 1. The third-order valence-corrected chi connectivity index (χ3v) is 3.49. The van der Waals surface area contributed by atoms with Crippen LogP contribution in [-0.2, 0) is 6.42 Å². The maximum Gasteiger partial charge on any atom is 0.257 e. The summed E-state index contributed by atoms with van der Waals surface area (Å²) in [6.45, 7) is 1.00. The lowest BCUT2D eigenvalue weighted by Crippen LogP contribution is -2.15. The van der Waals surface area contributed by atoms with E-state index in [4.69, 9.17) is 0 Å². The molecular formula is C12H12N4OS. The number of aryl methyl sites for hydroxylation is 1. The minimum atomic E-state index is -0.139. The van der Waals surface area contributed by atoms with Gasteiger partial charge in [0.15, 0.2) is 0 Å². The monoisotopic (exact) mass is 260 g/mol. The number of benzene rings is 1. The quantitative estimate of drug-likeness (QED) is 0.868. The van der Waals surface area contributed by atoms with E-state index >= 15 is 0 Å². The van der Waals surface area contributed by atoms with Crippen molar-refractivity contribution in [1.29, 1.82) is 0 Å². The van der Waals surface area contributed by atoms with E-state index in [9.17, 15) is 4.79 Å². The molecule has 3 rings (SSSR count).